The molecule has 1 rings (SSSR count). The largest absolute Gasteiger partial charge is 0.444 e. The van der Waals surface area contributed by atoms with Crippen molar-refractivity contribution in [2.75, 3.05) is 6.61 Å². The first-order valence-corrected chi connectivity index (χ1v) is 8.79. The maximum absolute atomic E-state index is 12.0. The molecule has 0 aliphatic heterocycles. The van der Waals surface area contributed by atoms with Crippen LogP contribution in [0.2, 0.25) is 0 Å². The van der Waals surface area contributed by atoms with E-state index in [1.165, 1.54) is 5.56 Å². The molecule has 4 nitrogen and oxygen atoms in total. The highest BCUT2D eigenvalue weighted by Gasteiger charge is 2.23. The number of rotatable bonds is 7. The smallest absolute Gasteiger partial charge is 0.407 e. The third-order valence-corrected chi connectivity index (χ3v) is 3.80. The van der Waals surface area contributed by atoms with Gasteiger partial charge in [0.15, 0.2) is 0 Å². The van der Waals surface area contributed by atoms with Gasteiger partial charge in [-0.3, -0.25) is 0 Å². The van der Waals surface area contributed by atoms with E-state index in [1.54, 1.807) is 0 Å². The van der Waals surface area contributed by atoms with E-state index in [4.69, 9.17) is 4.74 Å². The summed E-state index contributed by atoms with van der Waals surface area (Å²) in [5.74, 6) is 0.583. The van der Waals surface area contributed by atoms with Crippen molar-refractivity contribution >= 4 is 6.09 Å². The van der Waals surface area contributed by atoms with Gasteiger partial charge < -0.3 is 15.2 Å². The molecule has 2 N–H and O–H groups in total. The fourth-order valence-corrected chi connectivity index (χ4v) is 2.52. The first-order chi connectivity index (χ1) is 11.1. The van der Waals surface area contributed by atoms with E-state index in [0.717, 1.165) is 12.0 Å². The Kier molecular flexibility index (Phi) is 7.74. The summed E-state index contributed by atoms with van der Waals surface area (Å²) in [6.07, 6.45) is 1.29. The number of carbonyl (C=O) groups excluding carboxylic acids is 1. The van der Waals surface area contributed by atoms with E-state index in [2.05, 4.69) is 43.4 Å². The molecule has 0 heterocycles. The molecule has 24 heavy (non-hydrogen) atoms. The lowest BCUT2D eigenvalue weighted by Crippen LogP contribution is -2.44. The van der Waals surface area contributed by atoms with E-state index < -0.39 is 11.7 Å². The summed E-state index contributed by atoms with van der Waals surface area (Å²) in [7, 11) is 0. The van der Waals surface area contributed by atoms with Gasteiger partial charge in [-0.1, -0.05) is 45.0 Å². The van der Waals surface area contributed by atoms with Crippen molar-refractivity contribution in [3.05, 3.63) is 35.4 Å². The minimum atomic E-state index is -0.532. The number of carbonyl (C=O) groups is 1. The van der Waals surface area contributed by atoms with Gasteiger partial charge in [-0.15, -0.1) is 0 Å². The average molecular weight is 335 g/mol. The van der Waals surface area contributed by atoms with E-state index >= 15 is 0 Å². The van der Waals surface area contributed by atoms with Crippen LogP contribution in [0.15, 0.2) is 24.3 Å². The van der Waals surface area contributed by atoms with Crippen LogP contribution in [0, 0.1) is 11.8 Å². The third kappa shape index (κ3) is 7.82. The quantitative estimate of drug-likeness (QED) is 0.793. The van der Waals surface area contributed by atoms with Crippen LogP contribution < -0.4 is 5.32 Å². The molecule has 2 atom stereocenters. The van der Waals surface area contributed by atoms with Gasteiger partial charge in [0.2, 0.25) is 0 Å². The van der Waals surface area contributed by atoms with Gasteiger partial charge in [0.05, 0.1) is 0 Å². The number of aliphatic hydroxyl groups excluding tert-OH is 1. The second-order valence-electron chi connectivity index (χ2n) is 8.03. The Hall–Kier alpha value is -1.55. The molecule has 0 saturated carbocycles. The maximum Gasteiger partial charge on any atom is 0.407 e. The van der Waals surface area contributed by atoms with Crippen LogP contribution >= 0.6 is 0 Å². The van der Waals surface area contributed by atoms with E-state index in [1.807, 2.05) is 27.7 Å². The van der Waals surface area contributed by atoms with Gasteiger partial charge >= 0.3 is 6.09 Å². The minimum absolute atomic E-state index is 0.0197. The molecular formula is C20H33NO3. The predicted octanol–water partition coefficient (Wildman–Crippen LogP) is 3.95. The summed E-state index contributed by atoms with van der Waals surface area (Å²) in [6, 6.07) is 8.32. The Labute approximate surface area is 146 Å². The first-order valence-electron chi connectivity index (χ1n) is 8.79. The summed E-state index contributed by atoms with van der Waals surface area (Å²) in [5, 5.41) is 12.4. The topological polar surface area (TPSA) is 58.6 Å². The molecular weight excluding hydrogens is 302 g/mol. The number of nitrogens with one attached hydrogen (secondary N) is 1. The molecule has 1 aromatic rings. The minimum Gasteiger partial charge on any atom is -0.444 e. The highest BCUT2D eigenvalue weighted by atomic mass is 16.6. The highest BCUT2D eigenvalue weighted by molar-refractivity contribution is 5.68. The van der Waals surface area contributed by atoms with Gasteiger partial charge in [0, 0.05) is 12.6 Å². The number of amides is 1. The molecule has 0 aliphatic carbocycles. The van der Waals surface area contributed by atoms with Crippen LogP contribution in [-0.4, -0.2) is 29.4 Å². The maximum atomic E-state index is 12.0. The van der Waals surface area contributed by atoms with Crippen LogP contribution in [0.1, 0.15) is 52.7 Å². The van der Waals surface area contributed by atoms with Crippen LogP contribution in [-0.2, 0) is 17.6 Å². The molecule has 0 radical (unpaired) electrons. The fourth-order valence-electron chi connectivity index (χ4n) is 2.52. The Balaban J connectivity index is 2.74. The van der Waals surface area contributed by atoms with Crippen LogP contribution in [0.5, 0.6) is 0 Å². The fraction of sp³-hybridized carbons (Fsp3) is 0.650. The summed E-state index contributed by atoms with van der Waals surface area (Å²) in [6.45, 7) is 11.9. The molecule has 0 spiro atoms. The van der Waals surface area contributed by atoms with E-state index in [-0.39, 0.29) is 18.6 Å². The van der Waals surface area contributed by atoms with Crippen molar-refractivity contribution < 1.29 is 14.6 Å². The monoisotopic (exact) mass is 335 g/mol. The third-order valence-electron chi connectivity index (χ3n) is 3.80. The first kappa shape index (κ1) is 20.5. The van der Waals surface area contributed by atoms with Crippen molar-refractivity contribution in [2.45, 2.75) is 66.0 Å². The molecule has 4 heteroatoms. The standard InChI is InChI=1S/C20H33NO3/c1-14(2)11-16-7-9-17(10-8-16)12-18(15(3)13-22)21-19(23)24-20(4,5)6/h7-10,14-15,18,22H,11-13H2,1-6H3,(H,21,23)/t15-,18-/m0/s1. The normalized spacial score (nSPS) is 14.3. The van der Waals surface area contributed by atoms with E-state index in [0.29, 0.717) is 12.3 Å². The molecule has 0 unspecified atom stereocenters. The SMILES string of the molecule is CC(C)Cc1ccc(C[C@H](NC(=O)OC(C)(C)C)[C@@H](C)CO)cc1. The van der Waals surface area contributed by atoms with Gasteiger partial charge in [-0.05, 0) is 56.6 Å². The molecule has 136 valence electrons. The predicted molar refractivity (Wildman–Crippen MR) is 98.1 cm³/mol. The molecule has 1 aromatic carbocycles. The van der Waals surface area contributed by atoms with Crippen molar-refractivity contribution in [3.63, 3.8) is 0 Å². The second kappa shape index (κ2) is 9.07. The van der Waals surface area contributed by atoms with Crippen LogP contribution in [0.25, 0.3) is 0 Å². The lowest BCUT2D eigenvalue weighted by molar-refractivity contribution is 0.0475. The second-order valence-corrected chi connectivity index (χ2v) is 8.03. The van der Waals surface area contributed by atoms with E-state index in [9.17, 15) is 9.90 Å². The number of aliphatic hydroxyl groups is 1. The van der Waals surface area contributed by atoms with Crippen LogP contribution in [0.3, 0.4) is 0 Å². The number of hydrogen-bond acceptors (Lipinski definition) is 3. The summed E-state index contributed by atoms with van der Waals surface area (Å²) >= 11 is 0. The Morgan fingerprint density at radius 3 is 2.00 bits per heavy atom. The molecule has 1 amide bonds. The summed E-state index contributed by atoms with van der Waals surface area (Å²) in [5.41, 5.74) is 1.93. The zero-order valence-electron chi connectivity index (χ0n) is 15.9. The number of ether oxygens (including phenoxy) is 1. The Bertz CT molecular complexity index is 503. The van der Waals surface area contributed by atoms with Crippen LogP contribution in [0.4, 0.5) is 4.79 Å². The number of hydrogen-bond donors (Lipinski definition) is 2. The number of benzene rings is 1. The summed E-state index contributed by atoms with van der Waals surface area (Å²) in [4.78, 5) is 12.0. The molecule has 0 saturated heterocycles. The average Bonchev–Trinajstić information content (AvgIpc) is 2.45. The molecule has 0 bridgehead atoms. The van der Waals surface area contributed by atoms with Crippen molar-refractivity contribution in [1.29, 1.82) is 0 Å². The molecule has 0 aromatic heterocycles. The Morgan fingerprint density at radius 2 is 1.58 bits per heavy atom. The van der Waals surface area contributed by atoms with Crippen molar-refractivity contribution in [1.82, 2.24) is 5.32 Å². The zero-order valence-corrected chi connectivity index (χ0v) is 15.9. The van der Waals surface area contributed by atoms with Crippen molar-refractivity contribution in [3.8, 4) is 0 Å². The van der Waals surface area contributed by atoms with Gasteiger partial charge in [0.1, 0.15) is 5.60 Å². The molecule has 0 fully saturated rings. The Morgan fingerprint density at radius 1 is 1.08 bits per heavy atom. The zero-order chi connectivity index (χ0) is 18.3. The number of alkyl carbamates (subject to hydrolysis) is 1. The lowest BCUT2D eigenvalue weighted by atomic mass is 9.94. The van der Waals surface area contributed by atoms with Gasteiger partial charge in [-0.2, -0.15) is 0 Å². The van der Waals surface area contributed by atoms with Gasteiger partial charge in [0.25, 0.3) is 0 Å². The van der Waals surface area contributed by atoms with Gasteiger partial charge in [-0.25, -0.2) is 4.79 Å². The molecule has 0 aliphatic rings. The van der Waals surface area contributed by atoms with Crippen molar-refractivity contribution in [2.24, 2.45) is 11.8 Å². The lowest BCUT2D eigenvalue weighted by Gasteiger charge is -2.26. The summed E-state index contributed by atoms with van der Waals surface area (Å²) < 4.78 is 5.33. The highest BCUT2D eigenvalue weighted by Crippen LogP contribution is 2.15.